The molecule has 1 rings (SSSR count). The number of halogens is 1. The van der Waals surface area contributed by atoms with Crippen LogP contribution in [0, 0.1) is 11.7 Å². The standard InChI is InChI=1S/C11H13FN2O3/c1-7(10(15)16)6-13-11(17)14-9-4-2-8(12)3-5-9/h2-5,7H,6H2,1H3,(H,15,16)(H2,13,14,17). The van der Waals surface area contributed by atoms with Crippen molar-refractivity contribution in [2.45, 2.75) is 6.92 Å². The van der Waals surface area contributed by atoms with E-state index in [4.69, 9.17) is 5.11 Å². The summed E-state index contributed by atoms with van der Waals surface area (Å²) in [6.07, 6.45) is 0. The third kappa shape index (κ3) is 4.50. The van der Waals surface area contributed by atoms with E-state index in [2.05, 4.69) is 10.6 Å². The van der Waals surface area contributed by atoms with Crippen LogP contribution in [0.4, 0.5) is 14.9 Å². The van der Waals surface area contributed by atoms with Crippen molar-refractivity contribution in [3.05, 3.63) is 30.1 Å². The van der Waals surface area contributed by atoms with Crippen LogP contribution in [0.15, 0.2) is 24.3 Å². The van der Waals surface area contributed by atoms with Crippen LogP contribution >= 0.6 is 0 Å². The van der Waals surface area contributed by atoms with Crippen LogP contribution in [0.25, 0.3) is 0 Å². The first kappa shape index (κ1) is 13.0. The molecule has 0 aromatic heterocycles. The number of urea groups is 1. The first-order valence-electron chi connectivity index (χ1n) is 5.02. The SMILES string of the molecule is CC(CNC(=O)Nc1ccc(F)cc1)C(=O)O. The number of carbonyl (C=O) groups excluding carboxylic acids is 1. The van der Waals surface area contributed by atoms with Crippen LogP contribution in [0.5, 0.6) is 0 Å². The van der Waals surface area contributed by atoms with Crippen LogP contribution in [0.3, 0.4) is 0 Å². The summed E-state index contributed by atoms with van der Waals surface area (Å²) in [5.41, 5.74) is 0.437. The molecule has 0 saturated carbocycles. The normalized spacial score (nSPS) is 11.6. The average molecular weight is 240 g/mol. The van der Waals surface area contributed by atoms with Crippen molar-refractivity contribution in [1.29, 1.82) is 0 Å². The molecule has 0 aliphatic rings. The largest absolute Gasteiger partial charge is 0.481 e. The lowest BCUT2D eigenvalue weighted by Crippen LogP contribution is -2.34. The molecule has 0 radical (unpaired) electrons. The molecule has 1 aromatic carbocycles. The van der Waals surface area contributed by atoms with Crippen LogP contribution < -0.4 is 10.6 Å². The summed E-state index contributed by atoms with van der Waals surface area (Å²) in [5.74, 6) is -2.03. The number of hydrogen-bond acceptors (Lipinski definition) is 2. The molecule has 92 valence electrons. The molecule has 0 bridgehead atoms. The van der Waals surface area contributed by atoms with E-state index in [-0.39, 0.29) is 6.54 Å². The highest BCUT2D eigenvalue weighted by molar-refractivity contribution is 5.89. The summed E-state index contributed by atoms with van der Waals surface area (Å²) >= 11 is 0. The van der Waals surface area contributed by atoms with Crippen LogP contribution in [-0.2, 0) is 4.79 Å². The summed E-state index contributed by atoms with van der Waals surface area (Å²) in [6.45, 7) is 1.52. The monoisotopic (exact) mass is 240 g/mol. The van der Waals surface area contributed by atoms with E-state index in [0.717, 1.165) is 0 Å². The summed E-state index contributed by atoms with van der Waals surface area (Å²) < 4.78 is 12.6. The van der Waals surface area contributed by atoms with Gasteiger partial charge in [-0.15, -0.1) is 0 Å². The predicted molar refractivity (Wildman–Crippen MR) is 60.2 cm³/mol. The highest BCUT2D eigenvalue weighted by Crippen LogP contribution is 2.07. The number of carboxylic acid groups (broad SMARTS) is 1. The van der Waals surface area contributed by atoms with Gasteiger partial charge in [0.15, 0.2) is 0 Å². The highest BCUT2D eigenvalue weighted by Gasteiger charge is 2.11. The second-order valence-electron chi connectivity index (χ2n) is 3.58. The number of nitrogens with one attached hydrogen (secondary N) is 2. The van der Waals surface area contributed by atoms with E-state index >= 15 is 0 Å². The summed E-state index contributed by atoms with van der Waals surface area (Å²) in [6, 6.07) is 4.74. The zero-order chi connectivity index (χ0) is 12.8. The molecule has 0 saturated heterocycles. The van der Waals surface area contributed by atoms with E-state index in [0.29, 0.717) is 5.69 Å². The summed E-state index contributed by atoms with van der Waals surface area (Å²) in [5, 5.41) is 13.5. The molecule has 5 nitrogen and oxygen atoms in total. The molecule has 6 heteroatoms. The number of anilines is 1. The van der Waals surface area contributed by atoms with Crippen molar-refractivity contribution in [3.8, 4) is 0 Å². The van der Waals surface area contributed by atoms with Crippen LogP contribution in [-0.4, -0.2) is 23.7 Å². The zero-order valence-electron chi connectivity index (χ0n) is 9.24. The minimum atomic E-state index is -0.980. The first-order valence-corrected chi connectivity index (χ1v) is 5.02. The number of carboxylic acids is 1. The van der Waals surface area contributed by atoms with Crippen molar-refractivity contribution in [2.24, 2.45) is 5.92 Å². The van der Waals surface area contributed by atoms with E-state index in [1.807, 2.05) is 0 Å². The molecule has 0 aliphatic heterocycles. The van der Waals surface area contributed by atoms with Gasteiger partial charge in [0.2, 0.25) is 0 Å². The van der Waals surface area contributed by atoms with Crippen molar-refractivity contribution < 1.29 is 19.1 Å². The Kier molecular flexibility index (Phi) is 4.45. The van der Waals surface area contributed by atoms with E-state index in [1.54, 1.807) is 0 Å². The third-order valence-electron chi connectivity index (χ3n) is 2.09. The second kappa shape index (κ2) is 5.83. The molecule has 0 fully saturated rings. The molecule has 1 unspecified atom stereocenters. The molecule has 0 heterocycles. The maximum Gasteiger partial charge on any atom is 0.319 e. The topological polar surface area (TPSA) is 78.4 Å². The van der Waals surface area contributed by atoms with Gasteiger partial charge in [-0.05, 0) is 24.3 Å². The van der Waals surface area contributed by atoms with E-state index < -0.39 is 23.7 Å². The van der Waals surface area contributed by atoms with Crippen molar-refractivity contribution >= 4 is 17.7 Å². The van der Waals surface area contributed by atoms with Crippen molar-refractivity contribution in [3.63, 3.8) is 0 Å². The van der Waals surface area contributed by atoms with Gasteiger partial charge in [-0.1, -0.05) is 6.92 Å². The van der Waals surface area contributed by atoms with Gasteiger partial charge >= 0.3 is 12.0 Å². The molecule has 1 aromatic rings. The lowest BCUT2D eigenvalue weighted by molar-refractivity contribution is -0.140. The third-order valence-corrected chi connectivity index (χ3v) is 2.09. The lowest BCUT2D eigenvalue weighted by Gasteiger charge is -2.09. The summed E-state index contributed by atoms with van der Waals surface area (Å²) in [4.78, 5) is 21.8. The number of aliphatic carboxylic acids is 1. The van der Waals surface area contributed by atoms with Crippen LogP contribution in [0.2, 0.25) is 0 Å². The fourth-order valence-corrected chi connectivity index (χ4v) is 1.04. The Morgan fingerprint density at radius 2 is 1.94 bits per heavy atom. The Hall–Kier alpha value is -2.11. The fourth-order valence-electron chi connectivity index (χ4n) is 1.04. The Labute approximate surface area is 97.6 Å². The highest BCUT2D eigenvalue weighted by atomic mass is 19.1. The van der Waals surface area contributed by atoms with Gasteiger partial charge in [0, 0.05) is 12.2 Å². The molecule has 0 aliphatic carbocycles. The van der Waals surface area contributed by atoms with Crippen molar-refractivity contribution in [2.75, 3.05) is 11.9 Å². The Morgan fingerprint density at radius 1 is 1.35 bits per heavy atom. The predicted octanol–water partition coefficient (Wildman–Crippen LogP) is 1.67. The molecule has 17 heavy (non-hydrogen) atoms. The average Bonchev–Trinajstić information content (AvgIpc) is 2.29. The number of benzene rings is 1. The molecular formula is C11H13FN2O3. The smallest absolute Gasteiger partial charge is 0.319 e. The van der Waals surface area contributed by atoms with Crippen LogP contribution in [0.1, 0.15) is 6.92 Å². The second-order valence-corrected chi connectivity index (χ2v) is 3.58. The maximum atomic E-state index is 12.6. The molecule has 2 amide bonds. The molecule has 1 atom stereocenters. The van der Waals surface area contributed by atoms with Gasteiger partial charge < -0.3 is 15.7 Å². The van der Waals surface area contributed by atoms with Gasteiger partial charge in [-0.25, -0.2) is 9.18 Å². The Bertz CT molecular complexity index is 406. The maximum absolute atomic E-state index is 12.6. The minimum absolute atomic E-state index is 0.0301. The number of amides is 2. The van der Waals surface area contributed by atoms with Gasteiger partial charge in [0.1, 0.15) is 5.82 Å². The summed E-state index contributed by atoms with van der Waals surface area (Å²) in [7, 11) is 0. The fraction of sp³-hybridized carbons (Fsp3) is 0.273. The van der Waals surface area contributed by atoms with Gasteiger partial charge in [-0.3, -0.25) is 4.79 Å². The first-order chi connectivity index (χ1) is 7.99. The molecule has 0 spiro atoms. The van der Waals surface area contributed by atoms with E-state index in [9.17, 15) is 14.0 Å². The number of carbonyl (C=O) groups is 2. The number of hydrogen-bond donors (Lipinski definition) is 3. The van der Waals surface area contributed by atoms with Crippen molar-refractivity contribution in [1.82, 2.24) is 5.32 Å². The lowest BCUT2D eigenvalue weighted by atomic mass is 10.2. The number of rotatable bonds is 4. The van der Waals surface area contributed by atoms with E-state index in [1.165, 1.54) is 31.2 Å². The quantitative estimate of drug-likeness (QED) is 0.749. The zero-order valence-corrected chi connectivity index (χ0v) is 9.24. The Morgan fingerprint density at radius 3 is 2.47 bits per heavy atom. The minimum Gasteiger partial charge on any atom is -0.481 e. The van der Waals surface area contributed by atoms with Gasteiger partial charge in [-0.2, -0.15) is 0 Å². The molecular weight excluding hydrogens is 227 g/mol. The Balaban J connectivity index is 2.39. The van der Waals surface area contributed by atoms with Gasteiger partial charge in [0.25, 0.3) is 0 Å². The van der Waals surface area contributed by atoms with Gasteiger partial charge in [0.05, 0.1) is 5.92 Å². The molecule has 3 N–H and O–H groups in total.